The van der Waals surface area contributed by atoms with Crippen LogP contribution in [0.2, 0.25) is 0 Å². The van der Waals surface area contributed by atoms with E-state index in [1.54, 1.807) is 11.1 Å². The molecule has 76 valence electrons. The number of nitrogens with two attached hydrogens (primary N) is 1. The van der Waals surface area contributed by atoms with Crippen LogP contribution in [0.1, 0.15) is 5.69 Å². The Balaban J connectivity index is 1.84. The highest BCUT2D eigenvalue weighted by Crippen LogP contribution is 2.09. The van der Waals surface area contributed by atoms with Gasteiger partial charge in [-0.25, -0.2) is 0 Å². The van der Waals surface area contributed by atoms with E-state index in [2.05, 4.69) is 5.10 Å². The lowest BCUT2D eigenvalue weighted by Gasteiger charge is -2.36. The zero-order valence-electron chi connectivity index (χ0n) is 8.18. The van der Waals surface area contributed by atoms with E-state index < -0.39 is 0 Å². The second-order valence-electron chi connectivity index (χ2n) is 3.59. The number of carbonyl (C=O) groups is 1. The highest BCUT2D eigenvalue weighted by Gasteiger charge is 2.32. The van der Waals surface area contributed by atoms with Crippen LogP contribution in [0.4, 0.5) is 0 Å². The molecule has 0 saturated carbocycles. The molecule has 5 nitrogen and oxygen atoms in total. The number of likely N-dealkylation sites (tertiary alicyclic amines) is 1. The van der Waals surface area contributed by atoms with Crippen LogP contribution in [-0.4, -0.2) is 39.7 Å². The number of aromatic nitrogens is 2. The summed E-state index contributed by atoms with van der Waals surface area (Å²) >= 11 is 0. The molecule has 2 heterocycles. The molecule has 1 fully saturated rings. The van der Waals surface area contributed by atoms with Crippen molar-refractivity contribution in [3.05, 3.63) is 18.0 Å². The number of hydrogen-bond acceptors (Lipinski definition) is 3. The first-order valence-corrected chi connectivity index (χ1v) is 4.70. The lowest BCUT2D eigenvalue weighted by Crippen LogP contribution is -2.61. The van der Waals surface area contributed by atoms with Crippen molar-refractivity contribution >= 4 is 5.91 Å². The van der Waals surface area contributed by atoms with E-state index in [-0.39, 0.29) is 11.9 Å². The monoisotopic (exact) mass is 194 g/mol. The highest BCUT2D eigenvalue weighted by molar-refractivity contribution is 5.87. The lowest BCUT2D eigenvalue weighted by atomic mass is 10.1. The van der Waals surface area contributed by atoms with E-state index in [0.29, 0.717) is 6.54 Å². The average molecular weight is 194 g/mol. The van der Waals surface area contributed by atoms with E-state index in [0.717, 1.165) is 18.7 Å². The maximum atomic E-state index is 11.2. The molecule has 2 rings (SSSR count). The van der Waals surface area contributed by atoms with Crippen LogP contribution in [-0.2, 0) is 18.3 Å². The second-order valence-corrected chi connectivity index (χ2v) is 3.59. The molecule has 0 radical (unpaired) electrons. The maximum absolute atomic E-state index is 11.2. The molecule has 1 atom stereocenters. The Labute approximate surface area is 82.5 Å². The molecule has 1 saturated heterocycles. The highest BCUT2D eigenvalue weighted by atomic mass is 16.2. The van der Waals surface area contributed by atoms with Gasteiger partial charge in [-0.3, -0.25) is 9.48 Å². The molecular weight excluding hydrogens is 180 g/mol. The number of rotatable bonds is 3. The smallest absolute Gasteiger partial charge is 0.241 e. The van der Waals surface area contributed by atoms with Crippen LogP contribution in [0.15, 0.2) is 12.3 Å². The molecule has 1 amide bonds. The molecule has 0 spiro atoms. The summed E-state index contributed by atoms with van der Waals surface area (Å²) in [7, 11) is 1.90. The number of amides is 1. The van der Waals surface area contributed by atoms with E-state index in [1.165, 1.54) is 0 Å². The molecule has 5 heteroatoms. The van der Waals surface area contributed by atoms with Gasteiger partial charge in [0.25, 0.3) is 0 Å². The zero-order chi connectivity index (χ0) is 10.1. The quantitative estimate of drug-likeness (QED) is 0.636. The predicted octanol–water partition coefficient (Wildman–Crippen LogP) is -0.868. The molecule has 1 aliphatic rings. The molecule has 1 aliphatic heterocycles. The Hall–Kier alpha value is -1.36. The predicted molar refractivity (Wildman–Crippen MR) is 51.5 cm³/mol. The molecule has 1 aromatic heterocycles. The summed E-state index contributed by atoms with van der Waals surface area (Å²) in [4.78, 5) is 13.0. The van der Waals surface area contributed by atoms with Gasteiger partial charge in [0.05, 0.1) is 0 Å². The van der Waals surface area contributed by atoms with Crippen LogP contribution >= 0.6 is 0 Å². The molecular formula is C9H14N4O. The van der Waals surface area contributed by atoms with Crippen molar-refractivity contribution in [1.29, 1.82) is 0 Å². The first kappa shape index (κ1) is 9.21. The Morgan fingerprint density at radius 1 is 1.71 bits per heavy atom. The zero-order valence-corrected chi connectivity index (χ0v) is 8.18. The van der Waals surface area contributed by atoms with E-state index in [4.69, 9.17) is 5.73 Å². The van der Waals surface area contributed by atoms with E-state index in [9.17, 15) is 4.79 Å². The van der Waals surface area contributed by atoms with Gasteiger partial charge >= 0.3 is 0 Å². The number of nitrogens with zero attached hydrogens (tertiary/aromatic N) is 3. The van der Waals surface area contributed by atoms with Gasteiger partial charge in [-0.15, -0.1) is 0 Å². The van der Waals surface area contributed by atoms with Crippen molar-refractivity contribution < 1.29 is 4.79 Å². The van der Waals surface area contributed by atoms with Crippen molar-refractivity contribution in [3.8, 4) is 0 Å². The third kappa shape index (κ3) is 1.50. The first-order valence-electron chi connectivity index (χ1n) is 4.70. The van der Waals surface area contributed by atoms with Gasteiger partial charge in [0.1, 0.15) is 6.04 Å². The Morgan fingerprint density at radius 2 is 2.50 bits per heavy atom. The fourth-order valence-electron chi connectivity index (χ4n) is 1.63. The number of hydrogen-bond donors (Lipinski definition) is 1. The van der Waals surface area contributed by atoms with Gasteiger partial charge in [-0.2, -0.15) is 5.10 Å². The van der Waals surface area contributed by atoms with Crippen molar-refractivity contribution in [2.24, 2.45) is 12.8 Å². The third-order valence-electron chi connectivity index (χ3n) is 2.61. The lowest BCUT2D eigenvalue weighted by molar-refractivity contribution is -0.142. The van der Waals surface area contributed by atoms with Crippen LogP contribution in [0, 0.1) is 0 Å². The normalized spacial score (nSPS) is 21.1. The third-order valence-corrected chi connectivity index (χ3v) is 2.61. The van der Waals surface area contributed by atoms with E-state index >= 15 is 0 Å². The summed E-state index contributed by atoms with van der Waals surface area (Å²) in [5.41, 5.74) is 6.62. The minimum atomic E-state index is -0.262. The van der Waals surface area contributed by atoms with Gasteiger partial charge < -0.3 is 10.6 Å². The molecule has 0 aromatic carbocycles. The topological polar surface area (TPSA) is 64.2 Å². The fraction of sp³-hybridized carbons (Fsp3) is 0.556. The second kappa shape index (κ2) is 3.42. The largest absolute Gasteiger partial charge is 0.339 e. The number of carbonyl (C=O) groups excluding carboxylic acids is 1. The molecule has 14 heavy (non-hydrogen) atoms. The summed E-state index contributed by atoms with van der Waals surface area (Å²) < 4.78 is 1.82. The SMILES string of the molecule is Cn1nccc1CCN1CC(N)C1=O. The standard InChI is InChI=1S/C9H14N4O/c1-12-7(2-4-11-12)3-5-13-6-8(10)9(13)14/h2,4,8H,3,5-6,10H2,1H3. The summed E-state index contributed by atoms with van der Waals surface area (Å²) in [6.45, 7) is 1.43. The minimum absolute atomic E-state index is 0.0622. The van der Waals surface area contributed by atoms with Gasteiger partial charge in [-0.05, 0) is 6.07 Å². The van der Waals surface area contributed by atoms with Crippen molar-refractivity contribution in [3.63, 3.8) is 0 Å². The van der Waals surface area contributed by atoms with Crippen LogP contribution in [0.3, 0.4) is 0 Å². The van der Waals surface area contributed by atoms with Crippen molar-refractivity contribution in [1.82, 2.24) is 14.7 Å². The average Bonchev–Trinajstić information content (AvgIpc) is 2.58. The van der Waals surface area contributed by atoms with Gasteiger partial charge in [0.2, 0.25) is 5.91 Å². The number of β-lactam (4-membered cyclic amide) rings is 1. The van der Waals surface area contributed by atoms with Gasteiger partial charge in [0.15, 0.2) is 0 Å². The molecule has 1 aromatic rings. The summed E-state index contributed by atoms with van der Waals surface area (Å²) in [6.07, 6.45) is 2.61. The summed E-state index contributed by atoms with van der Waals surface area (Å²) in [5, 5.41) is 4.06. The minimum Gasteiger partial charge on any atom is -0.339 e. The van der Waals surface area contributed by atoms with Crippen molar-refractivity contribution in [2.75, 3.05) is 13.1 Å². The Bertz CT molecular complexity index is 346. The fourth-order valence-corrected chi connectivity index (χ4v) is 1.63. The Morgan fingerprint density at radius 3 is 3.00 bits per heavy atom. The Kier molecular flexibility index (Phi) is 2.25. The van der Waals surface area contributed by atoms with E-state index in [1.807, 2.05) is 17.8 Å². The number of aryl methyl sites for hydroxylation is 1. The van der Waals surface area contributed by atoms with Crippen LogP contribution < -0.4 is 5.73 Å². The maximum Gasteiger partial charge on any atom is 0.241 e. The molecule has 2 N–H and O–H groups in total. The van der Waals surface area contributed by atoms with Crippen molar-refractivity contribution in [2.45, 2.75) is 12.5 Å². The van der Waals surface area contributed by atoms with Crippen LogP contribution in [0.5, 0.6) is 0 Å². The molecule has 0 bridgehead atoms. The molecule has 0 aliphatic carbocycles. The van der Waals surface area contributed by atoms with Gasteiger partial charge in [0, 0.05) is 38.4 Å². The first-order chi connectivity index (χ1) is 6.68. The van der Waals surface area contributed by atoms with Crippen LogP contribution in [0.25, 0.3) is 0 Å². The summed E-state index contributed by atoms with van der Waals surface area (Å²) in [6, 6.07) is 1.70. The summed E-state index contributed by atoms with van der Waals surface area (Å²) in [5.74, 6) is 0.0622. The molecule has 1 unspecified atom stereocenters. The van der Waals surface area contributed by atoms with Gasteiger partial charge in [-0.1, -0.05) is 0 Å².